The summed E-state index contributed by atoms with van der Waals surface area (Å²) >= 11 is 0. The zero-order chi connectivity index (χ0) is 18.1. The van der Waals surface area contributed by atoms with Gasteiger partial charge in [0.1, 0.15) is 5.03 Å². The second-order valence-electron chi connectivity index (χ2n) is 6.31. The molecule has 1 heterocycles. The van der Waals surface area contributed by atoms with E-state index < -0.39 is 9.84 Å². The monoisotopic (exact) mass is 361 g/mol. The van der Waals surface area contributed by atoms with Gasteiger partial charge in [0, 0.05) is 10.9 Å². The summed E-state index contributed by atoms with van der Waals surface area (Å²) in [6.07, 6.45) is 0. The van der Waals surface area contributed by atoms with Crippen LogP contribution in [0, 0.1) is 0 Å². The molecule has 0 aliphatic rings. The highest BCUT2D eigenvalue weighted by molar-refractivity contribution is 7.91. The number of sulfone groups is 1. The highest BCUT2D eigenvalue weighted by Crippen LogP contribution is 2.33. The fourth-order valence-electron chi connectivity index (χ4n) is 3.36. The first-order valence-electron chi connectivity index (χ1n) is 8.54. The third kappa shape index (κ3) is 2.72. The zero-order valence-electron chi connectivity index (χ0n) is 14.4. The summed E-state index contributed by atoms with van der Waals surface area (Å²) in [5.41, 5.74) is 1.98. The largest absolute Gasteiger partial charge is 0.324 e. The van der Waals surface area contributed by atoms with E-state index in [9.17, 15) is 8.42 Å². The Labute approximate surface area is 153 Å². The Morgan fingerprint density at radius 1 is 0.769 bits per heavy atom. The molecule has 0 aliphatic heterocycles. The van der Waals surface area contributed by atoms with E-state index in [2.05, 4.69) is 0 Å². The maximum absolute atomic E-state index is 13.3. The fraction of sp³-hybridized carbons (Fsp3) is 0.0909. The molecule has 0 saturated carbocycles. The molecule has 1 unspecified atom stereocenters. The standard InChI is InChI=1S/C22H19NO2S/c1-17(18-10-4-2-5-11-18)23-21-15-9-8-12-19(21)16-22(23)26(24,25)20-13-6-3-7-14-20/h2-17H,1H3. The van der Waals surface area contributed by atoms with Crippen LogP contribution in [0.1, 0.15) is 18.5 Å². The molecule has 0 fully saturated rings. The quantitative estimate of drug-likeness (QED) is 0.508. The average molecular weight is 361 g/mol. The molecule has 3 aromatic carbocycles. The van der Waals surface area contributed by atoms with Crippen LogP contribution in [-0.2, 0) is 9.84 Å². The van der Waals surface area contributed by atoms with Gasteiger partial charge in [-0.1, -0.05) is 66.7 Å². The Balaban J connectivity index is 1.99. The Hall–Kier alpha value is -2.85. The lowest BCUT2D eigenvalue weighted by Gasteiger charge is -2.19. The molecule has 3 nitrogen and oxygen atoms in total. The summed E-state index contributed by atoms with van der Waals surface area (Å²) in [6.45, 7) is 2.03. The highest BCUT2D eigenvalue weighted by Gasteiger charge is 2.26. The van der Waals surface area contributed by atoms with Gasteiger partial charge >= 0.3 is 0 Å². The Morgan fingerprint density at radius 2 is 1.35 bits per heavy atom. The van der Waals surface area contributed by atoms with Crippen molar-refractivity contribution in [2.45, 2.75) is 22.9 Å². The lowest BCUT2D eigenvalue weighted by molar-refractivity contribution is 0.561. The van der Waals surface area contributed by atoms with Crippen LogP contribution in [0.4, 0.5) is 0 Å². The van der Waals surface area contributed by atoms with E-state index in [4.69, 9.17) is 0 Å². The molecule has 1 aromatic heterocycles. The van der Waals surface area contributed by atoms with Crippen LogP contribution in [0.5, 0.6) is 0 Å². The van der Waals surface area contributed by atoms with Gasteiger partial charge in [-0.3, -0.25) is 0 Å². The molecule has 0 bridgehead atoms. The van der Waals surface area contributed by atoms with Crippen LogP contribution >= 0.6 is 0 Å². The molecule has 0 spiro atoms. The Kier molecular flexibility index (Phi) is 4.13. The number of fused-ring (bicyclic) bond motifs is 1. The van der Waals surface area contributed by atoms with Gasteiger partial charge in [-0.25, -0.2) is 8.42 Å². The molecule has 0 N–H and O–H groups in total. The van der Waals surface area contributed by atoms with E-state index in [1.54, 1.807) is 30.3 Å². The second kappa shape index (κ2) is 6.46. The van der Waals surface area contributed by atoms with E-state index in [1.807, 2.05) is 72.2 Å². The normalized spacial score (nSPS) is 13.0. The molecule has 0 saturated heterocycles. The first-order valence-corrected chi connectivity index (χ1v) is 10.0. The van der Waals surface area contributed by atoms with Crippen LogP contribution < -0.4 is 0 Å². The van der Waals surface area contributed by atoms with Gasteiger partial charge in [0.25, 0.3) is 0 Å². The van der Waals surface area contributed by atoms with Crippen molar-refractivity contribution >= 4 is 20.7 Å². The predicted octanol–water partition coefficient (Wildman–Crippen LogP) is 5.08. The summed E-state index contributed by atoms with van der Waals surface area (Å²) in [5.74, 6) is 0. The van der Waals surface area contributed by atoms with Gasteiger partial charge in [0.15, 0.2) is 0 Å². The Bertz CT molecular complexity index is 1150. The Morgan fingerprint density at radius 3 is 2.04 bits per heavy atom. The fourth-order valence-corrected chi connectivity index (χ4v) is 4.91. The summed E-state index contributed by atoms with van der Waals surface area (Å²) in [5, 5.41) is 1.24. The molecule has 0 aliphatic carbocycles. The minimum Gasteiger partial charge on any atom is -0.324 e. The summed E-state index contributed by atoms with van der Waals surface area (Å²) in [7, 11) is -3.62. The molecule has 4 heteroatoms. The van der Waals surface area contributed by atoms with E-state index in [-0.39, 0.29) is 6.04 Å². The van der Waals surface area contributed by atoms with Crippen LogP contribution in [0.2, 0.25) is 0 Å². The van der Waals surface area contributed by atoms with Crippen LogP contribution in [0.3, 0.4) is 0 Å². The van der Waals surface area contributed by atoms with Crippen molar-refractivity contribution in [2.75, 3.05) is 0 Å². The molecule has 4 rings (SSSR count). The van der Waals surface area contributed by atoms with Crippen molar-refractivity contribution < 1.29 is 8.42 Å². The van der Waals surface area contributed by atoms with Crippen molar-refractivity contribution in [3.05, 3.63) is 96.6 Å². The maximum Gasteiger partial charge on any atom is 0.222 e. The molecule has 0 radical (unpaired) electrons. The van der Waals surface area contributed by atoms with Crippen molar-refractivity contribution in [3.63, 3.8) is 0 Å². The minimum absolute atomic E-state index is 0.107. The van der Waals surface area contributed by atoms with Crippen LogP contribution in [0.25, 0.3) is 10.9 Å². The van der Waals surface area contributed by atoms with Gasteiger partial charge in [-0.2, -0.15) is 0 Å². The molecule has 1 atom stereocenters. The zero-order valence-corrected chi connectivity index (χ0v) is 15.2. The van der Waals surface area contributed by atoms with Crippen molar-refractivity contribution in [2.24, 2.45) is 0 Å². The van der Waals surface area contributed by atoms with Gasteiger partial charge in [0.05, 0.1) is 10.9 Å². The second-order valence-corrected chi connectivity index (χ2v) is 8.21. The number of rotatable bonds is 4. The van der Waals surface area contributed by atoms with Gasteiger partial charge in [-0.15, -0.1) is 0 Å². The highest BCUT2D eigenvalue weighted by atomic mass is 32.2. The smallest absolute Gasteiger partial charge is 0.222 e. The number of nitrogens with zero attached hydrogens (tertiary/aromatic N) is 1. The molecule has 130 valence electrons. The van der Waals surface area contributed by atoms with Crippen LogP contribution in [0.15, 0.2) is 101 Å². The molecular weight excluding hydrogens is 342 g/mol. The SMILES string of the molecule is CC(c1ccccc1)n1c(S(=O)(=O)c2ccccc2)cc2ccccc21. The lowest BCUT2D eigenvalue weighted by atomic mass is 10.1. The minimum atomic E-state index is -3.62. The summed E-state index contributed by atoms with van der Waals surface area (Å²) in [4.78, 5) is 0.310. The third-order valence-corrected chi connectivity index (χ3v) is 6.47. The topological polar surface area (TPSA) is 39.1 Å². The van der Waals surface area contributed by atoms with E-state index in [1.165, 1.54) is 0 Å². The molecular formula is C22H19NO2S. The number of hydrogen-bond acceptors (Lipinski definition) is 2. The number of para-hydroxylation sites is 1. The molecule has 0 amide bonds. The maximum atomic E-state index is 13.3. The van der Waals surface area contributed by atoms with Crippen molar-refractivity contribution in [3.8, 4) is 0 Å². The average Bonchev–Trinajstić information content (AvgIpc) is 3.09. The van der Waals surface area contributed by atoms with Crippen molar-refractivity contribution in [1.82, 2.24) is 4.57 Å². The third-order valence-electron chi connectivity index (χ3n) is 4.71. The first kappa shape index (κ1) is 16.6. The molecule has 26 heavy (non-hydrogen) atoms. The van der Waals surface area contributed by atoms with E-state index in [0.717, 1.165) is 16.5 Å². The number of aromatic nitrogens is 1. The summed E-state index contributed by atoms with van der Waals surface area (Å²) < 4.78 is 28.6. The summed E-state index contributed by atoms with van der Waals surface area (Å²) in [6, 6.07) is 28.0. The van der Waals surface area contributed by atoms with Gasteiger partial charge < -0.3 is 4.57 Å². The van der Waals surface area contributed by atoms with Crippen molar-refractivity contribution in [1.29, 1.82) is 0 Å². The molecule has 4 aromatic rings. The van der Waals surface area contributed by atoms with Crippen LogP contribution in [-0.4, -0.2) is 13.0 Å². The number of hydrogen-bond donors (Lipinski definition) is 0. The predicted molar refractivity (Wildman–Crippen MR) is 104 cm³/mol. The van der Waals surface area contributed by atoms with Gasteiger partial charge in [-0.05, 0) is 36.8 Å². The lowest BCUT2D eigenvalue weighted by Crippen LogP contribution is -2.14. The van der Waals surface area contributed by atoms with Gasteiger partial charge in [0.2, 0.25) is 9.84 Å². The number of benzene rings is 3. The first-order chi connectivity index (χ1) is 12.6. The van der Waals surface area contributed by atoms with E-state index in [0.29, 0.717) is 9.92 Å². The van der Waals surface area contributed by atoms with E-state index >= 15 is 0 Å².